The van der Waals surface area contributed by atoms with Crippen molar-refractivity contribution in [2.24, 2.45) is 5.73 Å². The van der Waals surface area contributed by atoms with Crippen LogP contribution in [0.4, 0.5) is 0 Å². The molecule has 0 amide bonds. The molecule has 0 atom stereocenters. The molecule has 0 bridgehead atoms. The third-order valence-corrected chi connectivity index (χ3v) is 5.65. The average Bonchev–Trinajstić information content (AvgIpc) is 2.16. The summed E-state index contributed by atoms with van der Waals surface area (Å²) in [7, 11) is -3.01. The summed E-state index contributed by atoms with van der Waals surface area (Å²) in [4.78, 5) is 0. The van der Waals surface area contributed by atoms with Gasteiger partial charge in [-0.1, -0.05) is 0 Å². The molecule has 0 spiro atoms. The van der Waals surface area contributed by atoms with Gasteiger partial charge in [0.2, 0.25) is 10.0 Å². The lowest BCUT2D eigenvalue weighted by atomic mass is 9.97. The summed E-state index contributed by atoms with van der Waals surface area (Å²) in [5.41, 5.74) is 5.71. The van der Waals surface area contributed by atoms with Gasteiger partial charge in [-0.25, -0.2) is 12.7 Å². The van der Waals surface area contributed by atoms with E-state index in [0.717, 1.165) is 12.8 Å². The first-order valence-corrected chi connectivity index (χ1v) is 7.71. The van der Waals surface area contributed by atoms with E-state index in [-0.39, 0.29) is 4.75 Å². The van der Waals surface area contributed by atoms with Crippen molar-refractivity contribution in [1.29, 1.82) is 0 Å². The molecule has 1 aliphatic rings. The standard InChI is InChI=1S/C8H18N2O2S2/c1-13-8(7-9)3-5-10(6-4-8)14(2,11)12/h3-7,9H2,1-2H3. The SMILES string of the molecule is CSC1(CN)CCN(S(C)(=O)=O)CC1. The van der Waals surface area contributed by atoms with Crippen LogP contribution in [0.1, 0.15) is 12.8 Å². The minimum Gasteiger partial charge on any atom is -0.329 e. The molecular weight excluding hydrogens is 220 g/mol. The van der Waals surface area contributed by atoms with Crippen molar-refractivity contribution < 1.29 is 8.42 Å². The molecule has 0 radical (unpaired) electrons. The fourth-order valence-electron chi connectivity index (χ4n) is 1.72. The maximum absolute atomic E-state index is 11.3. The van der Waals surface area contributed by atoms with Crippen molar-refractivity contribution in [2.75, 3.05) is 32.1 Å². The monoisotopic (exact) mass is 238 g/mol. The van der Waals surface area contributed by atoms with E-state index in [1.807, 2.05) is 6.26 Å². The Labute approximate surface area is 90.3 Å². The van der Waals surface area contributed by atoms with Gasteiger partial charge in [-0.2, -0.15) is 11.8 Å². The van der Waals surface area contributed by atoms with Gasteiger partial charge >= 0.3 is 0 Å². The van der Waals surface area contributed by atoms with Crippen LogP contribution in [0.25, 0.3) is 0 Å². The molecule has 2 N–H and O–H groups in total. The number of hydrogen-bond acceptors (Lipinski definition) is 4. The molecule has 1 heterocycles. The fraction of sp³-hybridized carbons (Fsp3) is 1.00. The first-order valence-electron chi connectivity index (χ1n) is 4.64. The summed E-state index contributed by atoms with van der Waals surface area (Å²) < 4.78 is 24.2. The second-order valence-electron chi connectivity index (χ2n) is 3.75. The van der Waals surface area contributed by atoms with Crippen LogP contribution in [0.5, 0.6) is 0 Å². The Bertz CT molecular complexity index is 276. The molecule has 1 saturated heterocycles. The summed E-state index contributed by atoms with van der Waals surface area (Å²) in [6.45, 7) is 1.85. The van der Waals surface area contributed by atoms with Crippen LogP contribution < -0.4 is 5.73 Å². The van der Waals surface area contributed by atoms with Crippen LogP contribution in [-0.2, 0) is 10.0 Å². The Hall–Kier alpha value is 0.220. The van der Waals surface area contributed by atoms with Gasteiger partial charge < -0.3 is 5.73 Å². The second kappa shape index (κ2) is 4.38. The van der Waals surface area contributed by atoms with Crippen molar-refractivity contribution in [1.82, 2.24) is 4.31 Å². The summed E-state index contributed by atoms with van der Waals surface area (Å²) in [5, 5.41) is 0. The van der Waals surface area contributed by atoms with E-state index in [4.69, 9.17) is 5.73 Å². The molecule has 84 valence electrons. The van der Waals surface area contributed by atoms with Gasteiger partial charge in [0, 0.05) is 24.4 Å². The molecule has 0 aliphatic carbocycles. The highest BCUT2D eigenvalue weighted by Crippen LogP contribution is 2.33. The van der Waals surface area contributed by atoms with Crippen LogP contribution in [0.15, 0.2) is 0 Å². The van der Waals surface area contributed by atoms with Crippen molar-refractivity contribution >= 4 is 21.8 Å². The lowest BCUT2D eigenvalue weighted by Gasteiger charge is -2.38. The second-order valence-corrected chi connectivity index (χ2v) is 7.01. The first-order chi connectivity index (χ1) is 6.43. The first kappa shape index (κ1) is 12.3. The fourth-order valence-corrected chi connectivity index (χ4v) is 3.32. The maximum atomic E-state index is 11.3. The van der Waals surface area contributed by atoms with Crippen molar-refractivity contribution in [3.05, 3.63) is 0 Å². The van der Waals surface area contributed by atoms with E-state index in [9.17, 15) is 8.42 Å². The number of nitrogens with zero attached hydrogens (tertiary/aromatic N) is 1. The molecule has 0 saturated carbocycles. The molecule has 1 fully saturated rings. The molecule has 6 heteroatoms. The van der Waals surface area contributed by atoms with Crippen LogP contribution in [0.2, 0.25) is 0 Å². The van der Waals surface area contributed by atoms with E-state index < -0.39 is 10.0 Å². The smallest absolute Gasteiger partial charge is 0.211 e. The molecule has 1 aliphatic heterocycles. The topological polar surface area (TPSA) is 63.4 Å². The largest absolute Gasteiger partial charge is 0.329 e. The quantitative estimate of drug-likeness (QED) is 0.757. The molecule has 1 rings (SSSR count). The Morgan fingerprint density at radius 1 is 1.43 bits per heavy atom. The number of nitrogens with two attached hydrogens (primary N) is 1. The summed E-state index contributed by atoms with van der Waals surface area (Å²) in [6, 6.07) is 0. The molecular formula is C8H18N2O2S2. The van der Waals surface area contributed by atoms with E-state index in [1.165, 1.54) is 10.6 Å². The van der Waals surface area contributed by atoms with Crippen molar-refractivity contribution in [2.45, 2.75) is 17.6 Å². The van der Waals surface area contributed by atoms with E-state index in [0.29, 0.717) is 19.6 Å². The Balaban J connectivity index is 2.62. The number of hydrogen-bond donors (Lipinski definition) is 1. The summed E-state index contributed by atoms with van der Waals surface area (Å²) in [5.74, 6) is 0. The number of piperidine rings is 1. The highest BCUT2D eigenvalue weighted by Gasteiger charge is 2.35. The predicted molar refractivity (Wildman–Crippen MR) is 61.0 cm³/mol. The normalized spacial score (nSPS) is 23.6. The van der Waals surface area contributed by atoms with Gasteiger partial charge in [0.15, 0.2) is 0 Å². The molecule has 0 aromatic heterocycles. The van der Waals surface area contributed by atoms with Gasteiger partial charge in [-0.15, -0.1) is 0 Å². The predicted octanol–water partition coefficient (Wildman–Crippen LogP) is 0.102. The van der Waals surface area contributed by atoms with Gasteiger partial charge in [0.05, 0.1) is 6.26 Å². The van der Waals surface area contributed by atoms with Gasteiger partial charge in [-0.05, 0) is 19.1 Å². The highest BCUT2D eigenvalue weighted by atomic mass is 32.2. The molecule has 0 unspecified atom stereocenters. The van der Waals surface area contributed by atoms with Gasteiger partial charge in [0.25, 0.3) is 0 Å². The molecule has 4 nitrogen and oxygen atoms in total. The van der Waals surface area contributed by atoms with Crippen LogP contribution in [-0.4, -0.2) is 49.6 Å². The van der Waals surface area contributed by atoms with E-state index in [2.05, 4.69) is 0 Å². The summed E-state index contributed by atoms with van der Waals surface area (Å²) >= 11 is 1.76. The van der Waals surface area contributed by atoms with E-state index in [1.54, 1.807) is 11.8 Å². The zero-order chi connectivity index (χ0) is 10.8. The zero-order valence-corrected chi connectivity index (χ0v) is 10.3. The minimum absolute atomic E-state index is 0.0984. The third kappa shape index (κ3) is 2.62. The lowest BCUT2D eigenvalue weighted by Crippen LogP contribution is -2.48. The van der Waals surface area contributed by atoms with Gasteiger partial charge in [0.1, 0.15) is 0 Å². The lowest BCUT2D eigenvalue weighted by molar-refractivity contribution is 0.303. The highest BCUT2D eigenvalue weighted by molar-refractivity contribution is 8.00. The van der Waals surface area contributed by atoms with Crippen LogP contribution in [0, 0.1) is 0 Å². The Kier molecular flexibility index (Phi) is 3.85. The zero-order valence-electron chi connectivity index (χ0n) is 8.69. The average molecular weight is 238 g/mol. The summed E-state index contributed by atoms with van der Waals surface area (Å²) in [6.07, 6.45) is 5.03. The number of sulfonamides is 1. The molecule has 0 aromatic rings. The number of rotatable bonds is 3. The van der Waals surface area contributed by atoms with Crippen LogP contribution >= 0.6 is 11.8 Å². The Morgan fingerprint density at radius 2 is 1.93 bits per heavy atom. The van der Waals surface area contributed by atoms with Crippen molar-refractivity contribution in [3.63, 3.8) is 0 Å². The molecule has 14 heavy (non-hydrogen) atoms. The number of thioether (sulfide) groups is 1. The Morgan fingerprint density at radius 3 is 2.21 bits per heavy atom. The van der Waals surface area contributed by atoms with Gasteiger partial charge in [-0.3, -0.25) is 0 Å². The van der Waals surface area contributed by atoms with E-state index >= 15 is 0 Å². The van der Waals surface area contributed by atoms with Crippen molar-refractivity contribution in [3.8, 4) is 0 Å². The maximum Gasteiger partial charge on any atom is 0.211 e. The molecule has 0 aromatic carbocycles. The third-order valence-electron chi connectivity index (χ3n) is 2.91. The van der Waals surface area contributed by atoms with Crippen LogP contribution in [0.3, 0.4) is 0 Å². The minimum atomic E-state index is -3.01.